The zero-order chi connectivity index (χ0) is 10.6. The Balaban J connectivity index is 2.43. The van der Waals surface area contributed by atoms with Crippen LogP contribution in [0.1, 0.15) is 36.8 Å². The van der Waals surface area contributed by atoms with Crippen molar-refractivity contribution in [3.05, 3.63) is 21.9 Å². The van der Waals surface area contributed by atoms with E-state index < -0.39 is 0 Å². The monoisotopic (exact) mass is 230 g/mol. The molecule has 1 aromatic rings. The van der Waals surface area contributed by atoms with Crippen molar-refractivity contribution in [3.63, 3.8) is 0 Å². The fourth-order valence-corrected chi connectivity index (χ4v) is 3.11. The van der Waals surface area contributed by atoms with Gasteiger partial charge in [0.25, 0.3) is 0 Å². The molecular weight excluding hydrogens is 212 g/mol. The summed E-state index contributed by atoms with van der Waals surface area (Å²) >= 11 is 3.50. The molecule has 80 valence electrons. The smallest absolute Gasteiger partial charge is 0.0974 e. The molecule has 0 aromatic carbocycles. The van der Waals surface area contributed by atoms with Crippen molar-refractivity contribution in [1.82, 2.24) is 0 Å². The quantitative estimate of drug-likeness (QED) is 0.833. The lowest BCUT2D eigenvalue weighted by Crippen LogP contribution is -2.03. The van der Waals surface area contributed by atoms with E-state index in [0.29, 0.717) is 5.25 Å². The highest BCUT2D eigenvalue weighted by Crippen LogP contribution is 2.28. The lowest BCUT2D eigenvalue weighted by Gasteiger charge is -2.12. The lowest BCUT2D eigenvalue weighted by molar-refractivity contribution is 0.207. The van der Waals surface area contributed by atoms with Crippen LogP contribution >= 0.6 is 23.1 Å². The van der Waals surface area contributed by atoms with Crippen molar-refractivity contribution >= 4 is 23.1 Å². The third kappa shape index (κ3) is 3.30. The summed E-state index contributed by atoms with van der Waals surface area (Å²) in [6.07, 6.45) is 0.884. The van der Waals surface area contributed by atoms with Gasteiger partial charge in [-0.1, -0.05) is 13.8 Å². The first-order valence-corrected chi connectivity index (χ1v) is 6.91. The first kappa shape index (κ1) is 12.1. The summed E-state index contributed by atoms with van der Waals surface area (Å²) in [6.45, 7) is 6.45. The molecule has 0 aliphatic rings. The van der Waals surface area contributed by atoms with Crippen LogP contribution in [-0.2, 0) is 0 Å². The molecule has 3 heteroatoms. The minimum absolute atomic E-state index is 0.283. The van der Waals surface area contributed by atoms with Gasteiger partial charge in [-0.15, -0.1) is 11.3 Å². The van der Waals surface area contributed by atoms with Crippen LogP contribution in [0.25, 0.3) is 0 Å². The molecule has 0 saturated carbocycles. The van der Waals surface area contributed by atoms with Crippen LogP contribution in [0.2, 0.25) is 0 Å². The predicted molar refractivity (Wildman–Crippen MR) is 66.2 cm³/mol. The fourth-order valence-electron chi connectivity index (χ4n) is 1.17. The molecule has 14 heavy (non-hydrogen) atoms. The average Bonchev–Trinajstić information content (AvgIpc) is 2.60. The van der Waals surface area contributed by atoms with Crippen LogP contribution in [-0.4, -0.2) is 16.1 Å². The summed E-state index contributed by atoms with van der Waals surface area (Å²) in [6, 6.07) is 2.07. The fraction of sp³-hybridized carbons (Fsp3) is 0.636. The zero-order valence-electron chi connectivity index (χ0n) is 8.99. The summed E-state index contributed by atoms with van der Waals surface area (Å²) in [5.74, 6) is 0.816. The Morgan fingerprint density at radius 3 is 2.79 bits per heavy atom. The topological polar surface area (TPSA) is 20.2 Å². The van der Waals surface area contributed by atoms with Crippen molar-refractivity contribution in [2.45, 2.75) is 38.5 Å². The Bertz CT molecular complexity index is 270. The van der Waals surface area contributed by atoms with Crippen molar-refractivity contribution in [3.8, 4) is 0 Å². The number of hydrogen-bond acceptors (Lipinski definition) is 3. The van der Waals surface area contributed by atoms with E-state index in [0.717, 1.165) is 10.6 Å². The van der Waals surface area contributed by atoms with Gasteiger partial charge in [0.15, 0.2) is 0 Å². The van der Waals surface area contributed by atoms with Crippen molar-refractivity contribution in [2.24, 2.45) is 0 Å². The second-order valence-corrected chi connectivity index (χ2v) is 5.95. The number of aryl methyl sites for hydroxylation is 1. The van der Waals surface area contributed by atoms with E-state index in [4.69, 9.17) is 0 Å². The summed E-state index contributed by atoms with van der Waals surface area (Å²) in [5, 5.41) is 12.6. The van der Waals surface area contributed by atoms with Crippen molar-refractivity contribution in [2.75, 3.05) is 5.75 Å². The second-order valence-electron chi connectivity index (χ2n) is 3.54. The molecule has 1 rings (SSSR count). The lowest BCUT2D eigenvalue weighted by atomic mass is 10.2. The van der Waals surface area contributed by atoms with Crippen molar-refractivity contribution in [1.29, 1.82) is 0 Å². The van der Waals surface area contributed by atoms with Gasteiger partial charge in [0.1, 0.15) is 0 Å². The van der Waals surface area contributed by atoms with Crippen LogP contribution in [0.5, 0.6) is 0 Å². The van der Waals surface area contributed by atoms with Gasteiger partial charge in [-0.05, 0) is 30.4 Å². The Morgan fingerprint density at radius 2 is 2.29 bits per heavy atom. The molecule has 0 spiro atoms. The number of aliphatic hydroxyl groups excluding tert-OH is 1. The first-order chi connectivity index (χ1) is 6.65. The standard InChI is InChI=1S/C11H18OS2/c1-4-9(3)14-7-10(12)11-8(2)5-6-13-11/h5-6,9-10,12H,4,7H2,1-3H3. The van der Waals surface area contributed by atoms with E-state index in [2.05, 4.69) is 26.8 Å². The Kier molecular flexibility index (Phi) is 4.99. The van der Waals surface area contributed by atoms with E-state index in [1.807, 2.05) is 17.1 Å². The van der Waals surface area contributed by atoms with E-state index >= 15 is 0 Å². The molecule has 1 N–H and O–H groups in total. The molecule has 0 amide bonds. The third-order valence-corrected chi connectivity index (χ3v) is 4.85. The van der Waals surface area contributed by atoms with Crippen LogP contribution < -0.4 is 0 Å². The normalized spacial score (nSPS) is 15.4. The third-order valence-electron chi connectivity index (χ3n) is 2.32. The van der Waals surface area contributed by atoms with Gasteiger partial charge in [0, 0.05) is 15.9 Å². The summed E-state index contributed by atoms with van der Waals surface area (Å²) in [7, 11) is 0. The molecule has 1 aromatic heterocycles. The highest BCUT2D eigenvalue weighted by atomic mass is 32.2. The van der Waals surface area contributed by atoms with E-state index in [-0.39, 0.29) is 6.10 Å². The maximum atomic E-state index is 9.92. The molecule has 2 unspecified atom stereocenters. The minimum atomic E-state index is -0.283. The van der Waals surface area contributed by atoms with Gasteiger partial charge >= 0.3 is 0 Å². The average molecular weight is 230 g/mol. The summed E-state index contributed by atoms with van der Waals surface area (Å²) in [4.78, 5) is 1.13. The van der Waals surface area contributed by atoms with Gasteiger partial charge in [0.2, 0.25) is 0 Å². The molecule has 0 radical (unpaired) electrons. The molecule has 0 saturated heterocycles. The molecule has 0 aliphatic carbocycles. The van der Waals surface area contributed by atoms with E-state index in [1.54, 1.807) is 11.3 Å². The summed E-state index contributed by atoms with van der Waals surface area (Å²) < 4.78 is 0. The molecule has 1 nitrogen and oxygen atoms in total. The summed E-state index contributed by atoms with van der Waals surface area (Å²) in [5.41, 5.74) is 1.22. The van der Waals surface area contributed by atoms with Crippen LogP contribution in [0.15, 0.2) is 11.4 Å². The predicted octanol–water partition coefficient (Wildman–Crippen LogP) is 3.62. The van der Waals surface area contributed by atoms with Gasteiger partial charge in [0.05, 0.1) is 6.10 Å². The minimum Gasteiger partial charge on any atom is -0.387 e. The molecule has 0 fully saturated rings. The maximum Gasteiger partial charge on any atom is 0.0974 e. The van der Waals surface area contributed by atoms with Gasteiger partial charge in [-0.2, -0.15) is 11.8 Å². The Hall–Kier alpha value is 0.0100. The van der Waals surface area contributed by atoms with Gasteiger partial charge in [-0.3, -0.25) is 0 Å². The molecule has 1 heterocycles. The number of thioether (sulfide) groups is 1. The Morgan fingerprint density at radius 1 is 1.57 bits per heavy atom. The number of aliphatic hydroxyl groups is 1. The molecular formula is C11H18OS2. The molecule has 0 aliphatic heterocycles. The van der Waals surface area contributed by atoms with Crippen LogP contribution in [0.4, 0.5) is 0 Å². The molecule has 2 atom stereocenters. The maximum absolute atomic E-state index is 9.92. The zero-order valence-corrected chi connectivity index (χ0v) is 10.6. The highest BCUT2D eigenvalue weighted by molar-refractivity contribution is 7.99. The Labute approximate surface area is 94.5 Å². The highest BCUT2D eigenvalue weighted by Gasteiger charge is 2.12. The van der Waals surface area contributed by atoms with E-state index in [1.165, 1.54) is 12.0 Å². The van der Waals surface area contributed by atoms with Crippen LogP contribution in [0, 0.1) is 6.92 Å². The number of thiophene rings is 1. The van der Waals surface area contributed by atoms with Crippen molar-refractivity contribution < 1.29 is 5.11 Å². The number of hydrogen-bond donors (Lipinski definition) is 1. The second kappa shape index (κ2) is 5.79. The molecule has 0 bridgehead atoms. The van der Waals surface area contributed by atoms with Crippen LogP contribution in [0.3, 0.4) is 0 Å². The first-order valence-electron chi connectivity index (χ1n) is 4.98. The largest absolute Gasteiger partial charge is 0.387 e. The van der Waals surface area contributed by atoms with E-state index in [9.17, 15) is 5.11 Å². The van der Waals surface area contributed by atoms with Gasteiger partial charge in [-0.25, -0.2) is 0 Å². The number of rotatable bonds is 5. The SMILES string of the molecule is CCC(C)SCC(O)c1sccc1C. The van der Waals surface area contributed by atoms with Gasteiger partial charge < -0.3 is 5.11 Å².